The van der Waals surface area contributed by atoms with E-state index in [9.17, 15) is 0 Å². The van der Waals surface area contributed by atoms with Crippen molar-refractivity contribution in [3.8, 4) is 0 Å². The summed E-state index contributed by atoms with van der Waals surface area (Å²) in [6.45, 7) is 22.5. The molecule has 4 heteroatoms. The quantitative estimate of drug-likeness (QED) is 0.379. The van der Waals surface area contributed by atoms with Gasteiger partial charge in [0.05, 0.1) is 6.04 Å². The Bertz CT molecular complexity index is 1410. The third-order valence-corrected chi connectivity index (χ3v) is 12.4. The van der Waals surface area contributed by atoms with Crippen LogP contribution < -0.4 is 10.6 Å². The van der Waals surface area contributed by atoms with E-state index in [2.05, 4.69) is 139 Å². The van der Waals surface area contributed by atoms with Crippen molar-refractivity contribution in [3.05, 3.63) is 94.2 Å². The molecule has 0 saturated carbocycles. The third-order valence-electron chi connectivity index (χ3n) is 12.4. The summed E-state index contributed by atoms with van der Waals surface area (Å²) in [4.78, 5) is 7.91. The van der Waals surface area contributed by atoms with E-state index >= 15 is 0 Å². The van der Waals surface area contributed by atoms with E-state index in [1.807, 2.05) is 0 Å². The number of nitrogens with one attached hydrogen (secondary N) is 2. The fourth-order valence-electron chi connectivity index (χ4n) is 8.05. The minimum absolute atomic E-state index is 0.0244. The highest BCUT2D eigenvalue weighted by molar-refractivity contribution is 5.89. The van der Waals surface area contributed by atoms with Crippen LogP contribution in [-0.4, -0.2) is 16.9 Å². The Morgan fingerprint density at radius 2 is 1.54 bits per heavy atom. The summed E-state index contributed by atoms with van der Waals surface area (Å²) in [7, 11) is 0. The summed E-state index contributed by atoms with van der Waals surface area (Å²) >= 11 is 0. The van der Waals surface area contributed by atoms with Crippen molar-refractivity contribution in [1.82, 2.24) is 15.5 Å². The van der Waals surface area contributed by atoms with E-state index in [4.69, 9.17) is 4.99 Å². The predicted molar refractivity (Wildman–Crippen MR) is 172 cm³/mol. The minimum atomic E-state index is -0.0925. The molecule has 41 heavy (non-hydrogen) atoms. The molecule has 4 aliphatic rings. The van der Waals surface area contributed by atoms with Crippen LogP contribution in [0.4, 0.5) is 0 Å². The van der Waals surface area contributed by atoms with Gasteiger partial charge < -0.3 is 10.2 Å². The average Bonchev–Trinajstić information content (AvgIpc) is 3.38. The van der Waals surface area contributed by atoms with Gasteiger partial charge in [0.1, 0.15) is 18.2 Å². The fourth-order valence-corrected chi connectivity index (χ4v) is 8.05. The van der Waals surface area contributed by atoms with Gasteiger partial charge in [-0.25, -0.2) is 4.99 Å². The Kier molecular flexibility index (Phi) is 6.61. The van der Waals surface area contributed by atoms with Crippen LogP contribution in [0.3, 0.4) is 0 Å². The molecule has 1 aliphatic carbocycles. The van der Waals surface area contributed by atoms with Crippen molar-refractivity contribution in [3.63, 3.8) is 0 Å². The first-order valence-corrected chi connectivity index (χ1v) is 15.9. The first-order valence-electron chi connectivity index (χ1n) is 15.9. The number of rotatable bonds is 6. The number of benzene rings is 2. The van der Waals surface area contributed by atoms with E-state index in [-0.39, 0.29) is 40.0 Å². The molecule has 0 aromatic heterocycles. The molecule has 2 aromatic rings. The SMILES string of the molecule is CCC(CC)(CC)C1=NC(C2=CN3Cc4cc5c(cc4C3C=C2)C(C)(C)C(C)(C)C5(C)C)NC(c2ccccc2)N1. The van der Waals surface area contributed by atoms with Crippen LogP contribution in [-0.2, 0) is 17.4 Å². The average molecular weight is 551 g/mol. The Morgan fingerprint density at radius 1 is 0.902 bits per heavy atom. The molecule has 3 atom stereocenters. The standard InChI is InChI=1S/C37H50N4/c1-10-37(11-2,12-3)33-39-31(24-16-14-13-15-17-24)38-32(40-33)25-18-19-30-27-21-29-28(20-26(27)23-41(30)22-25)34(4,5)36(8,9)35(29,6)7/h13-22,30-32,38H,10-12,23H2,1-9H3,(H,39,40). The Hall–Kier alpha value is -2.85. The van der Waals surface area contributed by atoms with Crippen molar-refractivity contribution >= 4 is 5.84 Å². The van der Waals surface area contributed by atoms with Crippen molar-refractivity contribution < 1.29 is 0 Å². The van der Waals surface area contributed by atoms with Crippen molar-refractivity contribution in [2.45, 2.75) is 117 Å². The second-order valence-electron chi connectivity index (χ2n) is 14.5. The zero-order valence-corrected chi connectivity index (χ0v) is 26.7. The summed E-state index contributed by atoms with van der Waals surface area (Å²) in [6.07, 6.45) is 10.3. The maximum Gasteiger partial charge on any atom is 0.130 e. The highest BCUT2D eigenvalue weighted by Crippen LogP contribution is 2.62. The van der Waals surface area contributed by atoms with Gasteiger partial charge in [0.25, 0.3) is 0 Å². The van der Waals surface area contributed by atoms with Crippen LogP contribution in [0.1, 0.15) is 122 Å². The van der Waals surface area contributed by atoms with Gasteiger partial charge in [-0.05, 0) is 63.3 Å². The number of hydrogen-bond acceptors (Lipinski definition) is 4. The topological polar surface area (TPSA) is 39.7 Å². The highest BCUT2D eigenvalue weighted by atomic mass is 15.3. The molecule has 218 valence electrons. The monoisotopic (exact) mass is 550 g/mol. The van der Waals surface area contributed by atoms with Gasteiger partial charge in [-0.1, -0.05) is 117 Å². The van der Waals surface area contributed by atoms with Crippen LogP contribution in [0.15, 0.2) is 71.4 Å². The van der Waals surface area contributed by atoms with Gasteiger partial charge in [0, 0.05) is 23.7 Å². The molecular formula is C37H50N4. The third kappa shape index (κ3) is 4.00. The van der Waals surface area contributed by atoms with Crippen molar-refractivity contribution in [2.75, 3.05) is 0 Å². The molecule has 0 fully saturated rings. The molecular weight excluding hydrogens is 500 g/mol. The zero-order chi connectivity index (χ0) is 29.4. The fraction of sp³-hybridized carbons (Fsp3) is 0.541. The lowest BCUT2D eigenvalue weighted by molar-refractivity contribution is 0.125. The van der Waals surface area contributed by atoms with Crippen molar-refractivity contribution in [1.29, 1.82) is 0 Å². The summed E-state index contributed by atoms with van der Waals surface area (Å²) < 4.78 is 0. The lowest BCUT2D eigenvalue weighted by Gasteiger charge is -2.44. The lowest BCUT2D eigenvalue weighted by atomic mass is 9.59. The van der Waals surface area contributed by atoms with E-state index in [1.165, 1.54) is 33.4 Å². The normalized spacial score (nSPS) is 27.0. The zero-order valence-electron chi connectivity index (χ0n) is 26.7. The molecule has 0 spiro atoms. The van der Waals surface area contributed by atoms with Crippen molar-refractivity contribution in [2.24, 2.45) is 15.8 Å². The van der Waals surface area contributed by atoms with Gasteiger partial charge in [-0.3, -0.25) is 5.32 Å². The molecule has 6 rings (SSSR count). The smallest absolute Gasteiger partial charge is 0.130 e. The molecule has 2 N–H and O–H groups in total. The van der Waals surface area contributed by atoms with Crippen LogP contribution in [0.25, 0.3) is 0 Å². The van der Waals surface area contributed by atoms with Gasteiger partial charge in [-0.15, -0.1) is 0 Å². The Morgan fingerprint density at radius 3 is 2.17 bits per heavy atom. The van der Waals surface area contributed by atoms with Crippen LogP contribution in [0.2, 0.25) is 0 Å². The Balaban J connectivity index is 1.35. The lowest BCUT2D eigenvalue weighted by Crippen LogP contribution is -2.54. The molecule has 0 radical (unpaired) electrons. The summed E-state index contributed by atoms with van der Waals surface area (Å²) in [6, 6.07) is 16.1. The van der Waals surface area contributed by atoms with E-state index < -0.39 is 0 Å². The number of amidine groups is 1. The van der Waals surface area contributed by atoms with E-state index in [1.54, 1.807) is 0 Å². The molecule has 2 aromatic carbocycles. The first-order chi connectivity index (χ1) is 19.4. The van der Waals surface area contributed by atoms with Gasteiger partial charge in [0.15, 0.2) is 0 Å². The summed E-state index contributed by atoms with van der Waals surface area (Å²) in [5, 5.41) is 7.65. The molecule has 3 aliphatic heterocycles. The molecule has 0 saturated heterocycles. The van der Waals surface area contributed by atoms with Crippen LogP contribution in [0.5, 0.6) is 0 Å². The Labute approximate surface area is 248 Å². The second-order valence-corrected chi connectivity index (χ2v) is 14.5. The number of aliphatic imine (C=N–C) groups is 1. The maximum atomic E-state index is 5.38. The number of nitrogens with zero attached hydrogens (tertiary/aromatic N) is 2. The van der Waals surface area contributed by atoms with Crippen LogP contribution >= 0.6 is 0 Å². The van der Waals surface area contributed by atoms with E-state index in [0.29, 0.717) is 0 Å². The largest absolute Gasteiger partial charge is 0.362 e. The highest BCUT2D eigenvalue weighted by Gasteiger charge is 2.57. The number of hydrogen-bond donors (Lipinski definition) is 2. The molecule has 4 nitrogen and oxygen atoms in total. The van der Waals surface area contributed by atoms with Gasteiger partial charge in [-0.2, -0.15) is 0 Å². The first kappa shape index (κ1) is 28.3. The summed E-state index contributed by atoms with van der Waals surface area (Å²) in [5.41, 5.74) is 9.00. The van der Waals surface area contributed by atoms with Crippen LogP contribution in [0, 0.1) is 10.8 Å². The molecule has 3 unspecified atom stereocenters. The number of fused-ring (bicyclic) bond motifs is 4. The van der Waals surface area contributed by atoms with Gasteiger partial charge in [0.2, 0.25) is 0 Å². The molecule has 0 amide bonds. The molecule has 0 bridgehead atoms. The minimum Gasteiger partial charge on any atom is -0.362 e. The van der Waals surface area contributed by atoms with E-state index in [0.717, 1.165) is 31.6 Å². The second kappa shape index (κ2) is 9.59. The van der Waals surface area contributed by atoms with Gasteiger partial charge >= 0.3 is 0 Å². The predicted octanol–water partition coefficient (Wildman–Crippen LogP) is 8.42. The molecule has 3 heterocycles. The summed E-state index contributed by atoms with van der Waals surface area (Å²) in [5.74, 6) is 1.15. The maximum absolute atomic E-state index is 5.38.